The second-order valence-corrected chi connectivity index (χ2v) is 6.35. The van der Waals surface area contributed by atoms with Crippen molar-refractivity contribution in [1.82, 2.24) is 0 Å². The Balaban J connectivity index is 1.53. The lowest BCUT2D eigenvalue weighted by Gasteiger charge is -2.06. The fourth-order valence-corrected chi connectivity index (χ4v) is 2.63. The van der Waals surface area contributed by atoms with Crippen molar-refractivity contribution in [3.63, 3.8) is 0 Å². The first kappa shape index (κ1) is 20.9. The number of esters is 2. The summed E-state index contributed by atoms with van der Waals surface area (Å²) in [5.74, 6) is 0.0233. The molecule has 0 saturated heterocycles. The Labute approximate surface area is 175 Å². The first-order valence-corrected chi connectivity index (χ1v) is 9.58. The summed E-state index contributed by atoms with van der Waals surface area (Å²) in [4.78, 5) is 23.8. The lowest BCUT2D eigenvalue weighted by atomic mass is 10.2. The van der Waals surface area contributed by atoms with Crippen LogP contribution in [0.15, 0.2) is 84.9 Å². The first-order chi connectivity index (χ1) is 14.6. The highest BCUT2D eigenvalue weighted by atomic mass is 16.5. The van der Waals surface area contributed by atoms with Crippen molar-refractivity contribution in [1.29, 1.82) is 0 Å². The molecule has 3 aromatic rings. The van der Waals surface area contributed by atoms with Crippen molar-refractivity contribution in [3.8, 4) is 11.5 Å². The molecule has 30 heavy (non-hydrogen) atoms. The standard InChI is InChI=1S/C25H22O5/c1-2-28-25(27)21-9-6-10-23(17-21)30-24(26)16-13-19-11-14-22(15-12-19)29-18-20-7-4-3-5-8-20/h3-17H,2,18H2,1H3/b16-13+. The van der Waals surface area contributed by atoms with E-state index in [9.17, 15) is 9.59 Å². The quantitative estimate of drug-likeness (QED) is 0.299. The average molecular weight is 402 g/mol. The van der Waals surface area contributed by atoms with Crippen LogP contribution in [0.3, 0.4) is 0 Å². The molecule has 0 aromatic heterocycles. The van der Waals surface area contributed by atoms with Crippen LogP contribution >= 0.6 is 0 Å². The van der Waals surface area contributed by atoms with Crippen LogP contribution in [-0.2, 0) is 16.1 Å². The van der Waals surface area contributed by atoms with E-state index in [1.54, 1.807) is 31.2 Å². The average Bonchev–Trinajstić information content (AvgIpc) is 2.78. The van der Waals surface area contributed by atoms with Gasteiger partial charge in [0.2, 0.25) is 0 Å². The van der Waals surface area contributed by atoms with Gasteiger partial charge in [-0.3, -0.25) is 0 Å². The highest BCUT2D eigenvalue weighted by molar-refractivity contribution is 5.91. The maximum atomic E-state index is 12.1. The topological polar surface area (TPSA) is 61.8 Å². The summed E-state index contributed by atoms with van der Waals surface area (Å²) in [7, 11) is 0. The van der Waals surface area contributed by atoms with Crippen LogP contribution in [0.25, 0.3) is 6.08 Å². The molecule has 3 aromatic carbocycles. The third kappa shape index (κ3) is 6.34. The number of carbonyl (C=O) groups is 2. The van der Waals surface area contributed by atoms with E-state index in [1.165, 1.54) is 12.1 Å². The van der Waals surface area contributed by atoms with Crippen molar-refractivity contribution in [3.05, 3.63) is 102 Å². The van der Waals surface area contributed by atoms with Gasteiger partial charge >= 0.3 is 11.9 Å². The molecule has 0 N–H and O–H groups in total. The fourth-order valence-electron chi connectivity index (χ4n) is 2.63. The van der Waals surface area contributed by atoms with Gasteiger partial charge in [-0.25, -0.2) is 9.59 Å². The molecule has 3 rings (SSSR count). The third-order valence-corrected chi connectivity index (χ3v) is 4.10. The lowest BCUT2D eigenvalue weighted by Crippen LogP contribution is -2.07. The van der Waals surface area contributed by atoms with Crippen molar-refractivity contribution in [2.45, 2.75) is 13.5 Å². The summed E-state index contributed by atoms with van der Waals surface area (Å²) in [5, 5.41) is 0. The number of rotatable bonds is 8. The maximum absolute atomic E-state index is 12.1. The van der Waals surface area contributed by atoms with E-state index in [4.69, 9.17) is 14.2 Å². The van der Waals surface area contributed by atoms with Crippen LogP contribution in [0.4, 0.5) is 0 Å². The normalized spacial score (nSPS) is 10.6. The van der Waals surface area contributed by atoms with Crippen LogP contribution < -0.4 is 9.47 Å². The molecule has 0 atom stereocenters. The van der Waals surface area contributed by atoms with Gasteiger partial charge in [0.1, 0.15) is 18.1 Å². The molecule has 0 fully saturated rings. The maximum Gasteiger partial charge on any atom is 0.338 e. The van der Waals surface area contributed by atoms with Gasteiger partial charge in [0, 0.05) is 6.08 Å². The van der Waals surface area contributed by atoms with Crippen molar-refractivity contribution >= 4 is 18.0 Å². The highest BCUT2D eigenvalue weighted by Gasteiger charge is 2.08. The van der Waals surface area contributed by atoms with Gasteiger partial charge in [-0.15, -0.1) is 0 Å². The lowest BCUT2D eigenvalue weighted by molar-refractivity contribution is -0.128. The first-order valence-electron chi connectivity index (χ1n) is 9.58. The Morgan fingerprint density at radius 2 is 1.63 bits per heavy atom. The highest BCUT2D eigenvalue weighted by Crippen LogP contribution is 2.17. The van der Waals surface area contributed by atoms with Crippen LogP contribution in [0, 0.1) is 0 Å². The van der Waals surface area contributed by atoms with Gasteiger partial charge < -0.3 is 14.2 Å². The van der Waals surface area contributed by atoms with E-state index in [0.717, 1.165) is 16.9 Å². The van der Waals surface area contributed by atoms with Gasteiger partial charge in [-0.1, -0.05) is 48.5 Å². The zero-order valence-corrected chi connectivity index (χ0v) is 16.6. The van der Waals surface area contributed by atoms with E-state index < -0.39 is 11.9 Å². The molecular formula is C25H22O5. The fraction of sp³-hybridized carbons (Fsp3) is 0.120. The number of hydrogen-bond acceptors (Lipinski definition) is 5. The molecule has 0 aliphatic rings. The number of ether oxygens (including phenoxy) is 3. The summed E-state index contributed by atoms with van der Waals surface area (Å²) in [5.41, 5.74) is 2.26. The van der Waals surface area contributed by atoms with Crippen molar-refractivity contribution in [2.24, 2.45) is 0 Å². The Morgan fingerprint density at radius 3 is 2.37 bits per heavy atom. The second kappa shape index (κ2) is 10.6. The summed E-state index contributed by atoms with van der Waals surface area (Å²) < 4.78 is 15.9. The Kier molecular flexibility index (Phi) is 7.39. The minimum atomic E-state index is -0.541. The number of hydrogen-bond donors (Lipinski definition) is 0. The summed E-state index contributed by atoms with van der Waals surface area (Å²) >= 11 is 0. The SMILES string of the molecule is CCOC(=O)c1cccc(OC(=O)/C=C/c2ccc(OCc3ccccc3)cc2)c1. The van der Waals surface area contributed by atoms with Gasteiger partial charge in [-0.05, 0) is 54.5 Å². The van der Waals surface area contributed by atoms with Crippen LogP contribution in [0.5, 0.6) is 11.5 Å². The zero-order chi connectivity index (χ0) is 21.2. The molecule has 0 aliphatic heterocycles. The summed E-state index contributed by atoms with van der Waals surface area (Å²) in [6, 6.07) is 23.6. The second-order valence-electron chi connectivity index (χ2n) is 6.35. The molecule has 0 heterocycles. The minimum absolute atomic E-state index is 0.278. The molecule has 0 amide bonds. The third-order valence-electron chi connectivity index (χ3n) is 4.10. The molecule has 0 spiro atoms. The molecule has 0 unspecified atom stereocenters. The van der Waals surface area contributed by atoms with Gasteiger partial charge in [0.25, 0.3) is 0 Å². The van der Waals surface area contributed by atoms with E-state index in [1.807, 2.05) is 54.6 Å². The summed E-state index contributed by atoms with van der Waals surface area (Å²) in [6.45, 7) is 2.50. The number of benzene rings is 3. The van der Waals surface area contributed by atoms with Crippen LogP contribution in [0.1, 0.15) is 28.4 Å². The molecule has 5 heteroatoms. The molecule has 0 radical (unpaired) electrons. The largest absolute Gasteiger partial charge is 0.489 e. The van der Waals surface area contributed by atoms with Crippen molar-refractivity contribution < 1.29 is 23.8 Å². The number of carbonyl (C=O) groups excluding carboxylic acids is 2. The Morgan fingerprint density at radius 1 is 0.867 bits per heavy atom. The van der Waals surface area contributed by atoms with Crippen molar-refractivity contribution in [2.75, 3.05) is 6.61 Å². The van der Waals surface area contributed by atoms with Crippen LogP contribution in [-0.4, -0.2) is 18.5 Å². The molecule has 152 valence electrons. The molecule has 0 bridgehead atoms. The van der Waals surface area contributed by atoms with Gasteiger partial charge in [-0.2, -0.15) is 0 Å². The van der Waals surface area contributed by atoms with Gasteiger partial charge in [0.05, 0.1) is 12.2 Å². The molecular weight excluding hydrogens is 380 g/mol. The minimum Gasteiger partial charge on any atom is -0.489 e. The molecule has 0 saturated carbocycles. The van der Waals surface area contributed by atoms with E-state index in [-0.39, 0.29) is 12.4 Å². The predicted octanol–water partition coefficient (Wildman–Crippen LogP) is 5.06. The van der Waals surface area contributed by atoms with Crippen LogP contribution in [0.2, 0.25) is 0 Å². The van der Waals surface area contributed by atoms with E-state index in [2.05, 4.69) is 0 Å². The smallest absolute Gasteiger partial charge is 0.338 e. The van der Waals surface area contributed by atoms with E-state index >= 15 is 0 Å². The van der Waals surface area contributed by atoms with E-state index in [0.29, 0.717) is 12.2 Å². The predicted molar refractivity (Wildman–Crippen MR) is 114 cm³/mol. The summed E-state index contributed by atoms with van der Waals surface area (Å²) in [6.07, 6.45) is 2.98. The molecule has 5 nitrogen and oxygen atoms in total. The Bertz CT molecular complexity index is 1010. The van der Waals surface area contributed by atoms with Gasteiger partial charge in [0.15, 0.2) is 0 Å². The Hall–Kier alpha value is -3.86. The zero-order valence-electron chi connectivity index (χ0n) is 16.6. The monoisotopic (exact) mass is 402 g/mol. The molecule has 0 aliphatic carbocycles.